The number of para-hydroxylation sites is 2. The first-order valence-corrected chi connectivity index (χ1v) is 27.8. The van der Waals surface area contributed by atoms with E-state index in [1.807, 2.05) is 0 Å². The standard InChI is InChI=1S/C76H70N2/c1-73(2,3)55-33-37-59(38-34-55)77(57-19-13-11-14-20-57)61-41-45-67-65-43-27-51(47-69(65)75(7,8)71(67)49-61)25-29-53-31-32-54(64-24-18-17-23-63(53)64)30-26-52-28-44-66-68-46-42-62(50-72(68)76(9,10)70(66)48-52)78(58-21-15-12-16-22-58)60-39-35-56(36-40-60)74(4,5)6/h11-50H,1-10H3. The molecule has 2 heteroatoms. The zero-order valence-corrected chi connectivity index (χ0v) is 47.0. The smallest absolute Gasteiger partial charge is 0.0465 e. The van der Waals surface area contributed by atoms with Crippen molar-refractivity contribution >= 4 is 69.2 Å². The third-order valence-corrected chi connectivity index (χ3v) is 16.8. The van der Waals surface area contributed by atoms with Gasteiger partial charge in [-0.3, -0.25) is 0 Å². The SMILES string of the molecule is CC(C)(C)c1ccc(N(c2ccccc2)c2ccc3c(c2)C(C)(C)c2cc(C=Cc4ccc(C=Cc5ccc6c(c5)C(C)(C)c5cc(N(c7ccccc7)c7ccc(C(C)(C)C)cc7)ccc5-6)c5ccccc45)ccc2-3)cc1. The highest BCUT2D eigenvalue weighted by atomic mass is 15.1. The van der Waals surface area contributed by atoms with E-state index >= 15 is 0 Å². The first kappa shape index (κ1) is 50.4. The number of anilines is 6. The summed E-state index contributed by atoms with van der Waals surface area (Å²) in [7, 11) is 0. The summed E-state index contributed by atoms with van der Waals surface area (Å²) < 4.78 is 0. The molecule has 78 heavy (non-hydrogen) atoms. The molecular weight excluding hydrogens is 941 g/mol. The number of hydrogen-bond donors (Lipinski definition) is 0. The Balaban J connectivity index is 0.796. The van der Waals surface area contributed by atoms with Crippen LogP contribution in [0, 0.1) is 0 Å². The number of rotatable bonds is 10. The van der Waals surface area contributed by atoms with E-state index < -0.39 is 0 Å². The van der Waals surface area contributed by atoms with Gasteiger partial charge in [0.2, 0.25) is 0 Å². The average Bonchev–Trinajstić information content (AvgIpc) is 4.03. The minimum Gasteiger partial charge on any atom is -0.310 e. The summed E-state index contributed by atoms with van der Waals surface area (Å²) in [4.78, 5) is 4.78. The molecular formula is C76H70N2. The summed E-state index contributed by atoms with van der Waals surface area (Å²) in [5.41, 5.74) is 24.9. The lowest BCUT2D eigenvalue weighted by Crippen LogP contribution is -2.17. The van der Waals surface area contributed by atoms with Crippen LogP contribution in [0.3, 0.4) is 0 Å². The Bertz CT molecular complexity index is 3690. The summed E-state index contributed by atoms with van der Waals surface area (Å²) in [6.07, 6.45) is 9.16. The Hall–Kier alpha value is -8.46. The van der Waals surface area contributed by atoms with Gasteiger partial charge in [-0.1, -0.05) is 239 Å². The van der Waals surface area contributed by atoms with Crippen molar-refractivity contribution in [3.05, 3.63) is 274 Å². The normalized spacial score (nSPS) is 14.1. The summed E-state index contributed by atoms with van der Waals surface area (Å²) in [5.74, 6) is 0. The van der Waals surface area contributed by atoms with Gasteiger partial charge < -0.3 is 9.80 Å². The van der Waals surface area contributed by atoms with E-state index in [0.29, 0.717) is 0 Å². The van der Waals surface area contributed by atoms with Gasteiger partial charge in [0.05, 0.1) is 0 Å². The van der Waals surface area contributed by atoms with Gasteiger partial charge in [0.15, 0.2) is 0 Å². The van der Waals surface area contributed by atoms with Crippen LogP contribution in [0.5, 0.6) is 0 Å². The van der Waals surface area contributed by atoms with Gasteiger partial charge in [-0.2, -0.15) is 0 Å². The Morgan fingerprint density at radius 3 is 0.962 bits per heavy atom. The molecule has 0 heterocycles. The zero-order valence-electron chi connectivity index (χ0n) is 47.0. The molecule has 0 fully saturated rings. The lowest BCUT2D eigenvalue weighted by atomic mass is 9.81. The van der Waals surface area contributed by atoms with Crippen LogP contribution in [0.25, 0.3) is 57.3 Å². The molecule has 0 bridgehead atoms. The molecule has 0 saturated heterocycles. The van der Waals surface area contributed by atoms with Crippen molar-refractivity contribution in [1.82, 2.24) is 0 Å². The molecule has 384 valence electrons. The van der Waals surface area contributed by atoms with Crippen LogP contribution in [0.1, 0.15) is 125 Å². The molecule has 0 saturated carbocycles. The van der Waals surface area contributed by atoms with E-state index in [1.165, 1.54) is 88.7 Å². The van der Waals surface area contributed by atoms with Crippen LogP contribution in [0.15, 0.2) is 218 Å². The van der Waals surface area contributed by atoms with Crippen LogP contribution >= 0.6 is 0 Å². The second-order valence-corrected chi connectivity index (χ2v) is 24.7. The van der Waals surface area contributed by atoms with E-state index in [-0.39, 0.29) is 21.7 Å². The van der Waals surface area contributed by atoms with E-state index in [2.05, 4.69) is 322 Å². The molecule has 0 spiro atoms. The third kappa shape index (κ3) is 9.07. The van der Waals surface area contributed by atoms with Crippen molar-refractivity contribution in [1.29, 1.82) is 0 Å². The van der Waals surface area contributed by atoms with Gasteiger partial charge in [0.1, 0.15) is 0 Å². The highest BCUT2D eigenvalue weighted by molar-refractivity contribution is 5.99. The maximum absolute atomic E-state index is 2.42. The van der Waals surface area contributed by atoms with Crippen molar-refractivity contribution in [2.45, 2.75) is 90.9 Å². The number of fused-ring (bicyclic) bond motifs is 7. The van der Waals surface area contributed by atoms with Crippen molar-refractivity contribution in [2.75, 3.05) is 9.80 Å². The van der Waals surface area contributed by atoms with Gasteiger partial charge in [-0.25, -0.2) is 0 Å². The molecule has 10 aromatic carbocycles. The zero-order chi connectivity index (χ0) is 54.1. The minimum absolute atomic E-state index is 0.0867. The van der Waals surface area contributed by atoms with Crippen molar-refractivity contribution in [2.24, 2.45) is 0 Å². The van der Waals surface area contributed by atoms with E-state index in [9.17, 15) is 0 Å². The first-order chi connectivity index (χ1) is 37.4. The topological polar surface area (TPSA) is 6.48 Å². The lowest BCUT2D eigenvalue weighted by molar-refractivity contribution is 0.590. The van der Waals surface area contributed by atoms with Gasteiger partial charge in [-0.15, -0.1) is 0 Å². The molecule has 0 aromatic heterocycles. The molecule has 2 aliphatic rings. The summed E-state index contributed by atoms with van der Waals surface area (Å²) in [6.45, 7) is 23.2. The fourth-order valence-electron chi connectivity index (χ4n) is 12.2. The number of nitrogens with zero attached hydrogens (tertiary/aromatic N) is 2. The van der Waals surface area contributed by atoms with E-state index in [4.69, 9.17) is 0 Å². The molecule has 0 unspecified atom stereocenters. The second kappa shape index (κ2) is 19.2. The maximum Gasteiger partial charge on any atom is 0.0465 e. The predicted octanol–water partition coefficient (Wildman–Crippen LogP) is 21.3. The Morgan fingerprint density at radius 2 is 0.603 bits per heavy atom. The lowest BCUT2D eigenvalue weighted by Gasteiger charge is -2.29. The van der Waals surface area contributed by atoms with Crippen LogP contribution in [-0.2, 0) is 21.7 Å². The van der Waals surface area contributed by atoms with Crippen LogP contribution in [0.4, 0.5) is 34.1 Å². The fourth-order valence-corrected chi connectivity index (χ4v) is 12.2. The molecule has 0 atom stereocenters. The van der Waals surface area contributed by atoms with Crippen LogP contribution in [0.2, 0.25) is 0 Å². The van der Waals surface area contributed by atoms with E-state index in [1.54, 1.807) is 0 Å². The minimum atomic E-state index is -0.185. The molecule has 0 aliphatic heterocycles. The second-order valence-electron chi connectivity index (χ2n) is 24.7. The van der Waals surface area contributed by atoms with Crippen LogP contribution in [-0.4, -0.2) is 0 Å². The van der Waals surface area contributed by atoms with Gasteiger partial charge in [-0.05, 0) is 172 Å². The van der Waals surface area contributed by atoms with Crippen LogP contribution < -0.4 is 9.80 Å². The first-order valence-electron chi connectivity index (χ1n) is 27.8. The summed E-state index contributed by atoms with van der Waals surface area (Å²) >= 11 is 0. The molecule has 0 amide bonds. The van der Waals surface area contributed by atoms with Gasteiger partial charge in [0, 0.05) is 45.0 Å². The Morgan fingerprint density at radius 1 is 0.295 bits per heavy atom. The molecule has 0 radical (unpaired) electrons. The quantitative estimate of drug-likeness (QED) is 0.126. The maximum atomic E-state index is 2.42. The fraction of sp³-hybridized carbons (Fsp3) is 0.184. The average molecular weight is 1010 g/mol. The Kier molecular flexibility index (Phi) is 12.4. The predicted molar refractivity (Wildman–Crippen MR) is 337 cm³/mol. The molecule has 0 N–H and O–H groups in total. The highest BCUT2D eigenvalue weighted by Gasteiger charge is 2.38. The highest BCUT2D eigenvalue weighted by Crippen LogP contribution is 2.53. The summed E-state index contributed by atoms with van der Waals surface area (Å²) in [6, 6.07) is 81.2. The third-order valence-electron chi connectivity index (χ3n) is 16.8. The number of benzene rings is 10. The largest absolute Gasteiger partial charge is 0.310 e. The number of hydrogen-bond acceptors (Lipinski definition) is 2. The molecule has 2 aliphatic carbocycles. The summed E-state index contributed by atoms with van der Waals surface area (Å²) in [5, 5.41) is 2.48. The molecule has 10 aromatic rings. The van der Waals surface area contributed by atoms with Gasteiger partial charge in [0.25, 0.3) is 0 Å². The van der Waals surface area contributed by atoms with Gasteiger partial charge >= 0.3 is 0 Å². The monoisotopic (exact) mass is 1010 g/mol. The van der Waals surface area contributed by atoms with Crippen molar-refractivity contribution in [3.8, 4) is 22.3 Å². The van der Waals surface area contributed by atoms with E-state index in [0.717, 1.165) is 34.1 Å². The molecule has 12 rings (SSSR count). The Labute approximate surface area is 463 Å². The van der Waals surface area contributed by atoms with Crippen molar-refractivity contribution in [3.63, 3.8) is 0 Å². The molecule has 2 nitrogen and oxygen atoms in total. The van der Waals surface area contributed by atoms with Crippen molar-refractivity contribution < 1.29 is 0 Å².